The van der Waals surface area contributed by atoms with Crippen LogP contribution >= 0.6 is 0 Å². The minimum Gasteiger partial charge on any atom is -0.481 e. The van der Waals surface area contributed by atoms with Gasteiger partial charge in [0.15, 0.2) is 18.2 Å². The molecule has 16 heavy (non-hydrogen) atoms. The van der Waals surface area contributed by atoms with Crippen LogP contribution in [0.5, 0.6) is 5.75 Å². The maximum Gasteiger partial charge on any atom is 0.318 e. The minimum atomic E-state index is -1.03. The molecule has 0 fully saturated rings. The van der Waals surface area contributed by atoms with E-state index >= 15 is 0 Å². The summed E-state index contributed by atoms with van der Waals surface area (Å²) in [6.07, 6.45) is 0. The van der Waals surface area contributed by atoms with Gasteiger partial charge in [-0.3, -0.25) is 10.1 Å². The molecule has 1 aromatic carbocycles. The third-order valence-electron chi connectivity index (χ3n) is 1.52. The van der Waals surface area contributed by atoms with Gasteiger partial charge in [0.1, 0.15) is 5.82 Å². The molecule has 3 amide bonds. The van der Waals surface area contributed by atoms with Crippen LogP contribution in [0.25, 0.3) is 0 Å². The zero-order chi connectivity index (χ0) is 12.1. The zero-order valence-corrected chi connectivity index (χ0v) is 8.00. The molecule has 0 spiro atoms. The number of hydrogen-bond donors (Lipinski definition) is 2. The number of rotatable bonds is 3. The van der Waals surface area contributed by atoms with Crippen LogP contribution < -0.4 is 15.8 Å². The maximum absolute atomic E-state index is 13.0. The van der Waals surface area contributed by atoms with Crippen molar-refractivity contribution in [3.63, 3.8) is 0 Å². The van der Waals surface area contributed by atoms with Crippen LogP contribution in [0.4, 0.5) is 13.6 Å². The lowest BCUT2D eigenvalue weighted by Gasteiger charge is -2.06. The maximum atomic E-state index is 13.0. The van der Waals surface area contributed by atoms with Crippen LogP contribution in [-0.2, 0) is 4.79 Å². The SMILES string of the molecule is NC(=O)NC(=O)COc1ccc(F)cc1F. The standard InChI is InChI=1S/C9H8F2N2O3/c10-5-1-2-7(6(11)3-5)16-4-8(14)13-9(12)15/h1-3H,4H2,(H3,12,13,14,15). The molecule has 0 saturated carbocycles. The summed E-state index contributed by atoms with van der Waals surface area (Å²) >= 11 is 0. The summed E-state index contributed by atoms with van der Waals surface area (Å²) in [7, 11) is 0. The number of hydrogen-bond acceptors (Lipinski definition) is 3. The number of urea groups is 1. The number of benzene rings is 1. The van der Waals surface area contributed by atoms with Crippen molar-refractivity contribution in [3.8, 4) is 5.75 Å². The van der Waals surface area contributed by atoms with Crippen molar-refractivity contribution in [2.24, 2.45) is 5.73 Å². The Morgan fingerprint density at radius 2 is 2.06 bits per heavy atom. The third kappa shape index (κ3) is 3.52. The second kappa shape index (κ2) is 5.06. The number of imide groups is 1. The topological polar surface area (TPSA) is 81.4 Å². The van der Waals surface area contributed by atoms with Gasteiger partial charge in [0, 0.05) is 6.07 Å². The van der Waals surface area contributed by atoms with Crippen LogP contribution in [0.2, 0.25) is 0 Å². The Bertz CT molecular complexity index is 423. The van der Waals surface area contributed by atoms with Gasteiger partial charge in [-0.1, -0.05) is 0 Å². The van der Waals surface area contributed by atoms with E-state index in [0.717, 1.165) is 12.1 Å². The van der Waals surface area contributed by atoms with Gasteiger partial charge in [0.2, 0.25) is 0 Å². The molecule has 1 rings (SSSR count). The van der Waals surface area contributed by atoms with Crippen LogP contribution in [0.15, 0.2) is 18.2 Å². The highest BCUT2D eigenvalue weighted by atomic mass is 19.1. The van der Waals surface area contributed by atoms with E-state index in [4.69, 9.17) is 4.74 Å². The smallest absolute Gasteiger partial charge is 0.318 e. The van der Waals surface area contributed by atoms with Crippen molar-refractivity contribution in [3.05, 3.63) is 29.8 Å². The molecule has 0 heterocycles. The Hall–Kier alpha value is -2.18. The van der Waals surface area contributed by atoms with Crippen molar-refractivity contribution >= 4 is 11.9 Å². The van der Waals surface area contributed by atoms with E-state index in [-0.39, 0.29) is 5.75 Å². The van der Waals surface area contributed by atoms with Crippen molar-refractivity contribution in [1.82, 2.24) is 5.32 Å². The summed E-state index contributed by atoms with van der Waals surface area (Å²) < 4.78 is 30.2. The van der Waals surface area contributed by atoms with E-state index < -0.39 is 30.2 Å². The van der Waals surface area contributed by atoms with Crippen LogP contribution in [-0.4, -0.2) is 18.5 Å². The van der Waals surface area contributed by atoms with Gasteiger partial charge in [0.25, 0.3) is 5.91 Å². The molecule has 0 unspecified atom stereocenters. The molecule has 0 aliphatic rings. The molecule has 86 valence electrons. The normalized spacial score (nSPS) is 9.62. The lowest BCUT2D eigenvalue weighted by molar-refractivity contribution is -0.121. The molecular formula is C9H8F2N2O3. The Labute approximate surface area is 89.2 Å². The van der Waals surface area contributed by atoms with Gasteiger partial charge < -0.3 is 10.5 Å². The van der Waals surface area contributed by atoms with E-state index in [1.807, 2.05) is 0 Å². The first-order valence-electron chi connectivity index (χ1n) is 4.16. The number of halogens is 2. The Kier molecular flexibility index (Phi) is 3.76. The predicted molar refractivity (Wildman–Crippen MR) is 49.6 cm³/mol. The molecular weight excluding hydrogens is 222 g/mol. The number of amides is 3. The van der Waals surface area contributed by atoms with E-state index in [2.05, 4.69) is 5.73 Å². The molecule has 1 aromatic rings. The molecule has 0 saturated heterocycles. The second-order valence-electron chi connectivity index (χ2n) is 2.78. The number of carbonyl (C=O) groups is 2. The highest BCUT2D eigenvalue weighted by Gasteiger charge is 2.08. The second-order valence-corrected chi connectivity index (χ2v) is 2.78. The van der Waals surface area contributed by atoms with Crippen LogP contribution in [0.3, 0.4) is 0 Å². The summed E-state index contributed by atoms with van der Waals surface area (Å²) in [6.45, 7) is -0.592. The van der Waals surface area contributed by atoms with Gasteiger partial charge in [-0.25, -0.2) is 13.6 Å². The Morgan fingerprint density at radius 3 is 2.62 bits per heavy atom. The molecule has 3 N–H and O–H groups in total. The zero-order valence-electron chi connectivity index (χ0n) is 8.00. The fourth-order valence-corrected chi connectivity index (χ4v) is 0.909. The summed E-state index contributed by atoms with van der Waals surface area (Å²) in [5, 5.41) is 1.72. The summed E-state index contributed by atoms with van der Waals surface area (Å²) in [6, 6.07) is 1.58. The first kappa shape index (κ1) is 11.9. The highest BCUT2D eigenvalue weighted by Crippen LogP contribution is 2.17. The average Bonchev–Trinajstić information content (AvgIpc) is 2.15. The molecule has 0 bridgehead atoms. The van der Waals surface area contributed by atoms with E-state index in [1.165, 1.54) is 0 Å². The number of carbonyl (C=O) groups excluding carboxylic acids is 2. The molecule has 0 radical (unpaired) electrons. The van der Waals surface area contributed by atoms with Gasteiger partial charge in [-0.05, 0) is 12.1 Å². The van der Waals surface area contributed by atoms with Crippen LogP contribution in [0, 0.1) is 11.6 Å². The number of primary amides is 1. The molecule has 5 nitrogen and oxygen atoms in total. The third-order valence-corrected chi connectivity index (χ3v) is 1.52. The minimum absolute atomic E-state index is 0.291. The van der Waals surface area contributed by atoms with Gasteiger partial charge in [0.05, 0.1) is 0 Å². The lowest BCUT2D eigenvalue weighted by Crippen LogP contribution is -2.38. The average molecular weight is 230 g/mol. The first-order chi connectivity index (χ1) is 7.49. The van der Waals surface area contributed by atoms with E-state index in [0.29, 0.717) is 6.07 Å². The molecule has 0 aromatic heterocycles. The summed E-state index contributed by atoms with van der Waals surface area (Å²) in [5.41, 5.74) is 4.66. The number of nitrogens with one attached hydrogen (secondary N) is 1. The molecule has 0 atom stereocenters. The van der Waals surface area contributed by atoms with Crippen molar-refractivity contribution in [2.45, 2.75) is 0 Å². The fourth-order valence-electron chi connectivity index (χ4n) is 0.909. The Morgan fingerprint density at radius 1 is 1.38 bits per heavy atom. The summed E-state index contributed by atoms with van der Waals surface area (Å²) in [4.78, 5) is 21.1. The molecule has 0 aliphatic carbocycles. The molecule has 0 aliphatic heterocycles. The van der Waals surface area contributed by atoms with E-state index in [1.54, 1.807) is 5.32 Å². The van der Waals surface area contributed by atoms with Crippen molar-refractivity contribution in [1.29, 1.82) is 0 Å². The van der Waals surface area contributed by atoms with Gasteiger partial charge in [-0.15, -0.1) is 0 Å². The monoisotopic (exact) mass is 230 g/mol. The Balaban J connectivity index is 2.54. The van der Waals surface area contributed by atoms with Gasteiger partial charge in [-0.2, -0.15) is 0 Å². The summed E-state index contributed by atoms with van der Waals surface area (Å²) in [5.74, 6) is -2.81. The van der Waals surface area contributed by atoms with Crippen molar-refractivity contribution in [2.75, 3.05) is 6.61 Å². The van der Waals surface area contributed by atoms with Crippen molar-refractivity contribution < 1.29 is 23.1 Å². The highest BCUT2D eigenvalue weighted by molar-refractivity contribution is 5.94. The largest absolute Gasteiger partial charge is 0.481 e. The number of nitrogens with two attached hydrogens (primary N) is 1. The van der Waals surface area contributed by atoms with E-state index in [9.17, 15) is 18.4 Å². The van der Waals surface area contributed by atoms with Crippen LogP contribution in [0.1, 0.15) is 0 Å². The fraction of sp³-hybridized carbons (Fsp3) is 0.111. The quantitative estimate of drug-likeness (QED) is 0.795. The lowest BCUT2D eigenvalue weighted by atomic mass is 10.3. The van der Waals surface area contributed by atoms with Gasteiger partial charge >= 0.3 is 6.03 Å². The predicted octanol–water partition coefficient (Wildman–Crippen LogP) is 0.538. The first-order valence-corrected chi connectivity index (χ1v) is 4.16. The number of ether oxygens (including phenoxy) is 1. The molecule has 7 heteroatoms.